The molecule has 0 N–H and O–H groups in total. The highest BCUT2D eigenvalue weighted by Crippen LogP contribution is 2.35. The van der Waals surface area contributed by atoms with Gasteiger partial charge in [-0.25, -0.2) is 4.98 Å². The maximum Gasteiger partial charge on any atom is 0.228 e. The number of aromatic nitrogens is 2. The average molecular weight is 314 g/mol. The van der Waals surface area contributed by atoms with Gasteiger partial charge < -0.3 is 14.2 Å². The van der Waals surface area contributed by atoms with Crippen molar-refractivity contribution in [3.63, 3.8) is 0 Å². The molecule has 0 saturated carbocycles. The van der Waals surface area contributed by atoms with Crippen molar-refractivity contribution in [2.24, 2.45) is 5.41 Å². The second-order valence-corrected chi connectivity index (χ2v) is 7.59. The molecule has 1 atom stereocenters. The molecular formula is C18H26N4O. The summed E-state index contributed by atoms with van der Waals surface area (Å²) in [4.78, 5) is 21.7. The second kappa shape index (κ2) is 5.55. The molecule has 3 heterocycles. The lowest BCUT2D eigenvalue weighted by Crippen LogP contribution is -2.39. The number of anilines is 1. The van der Waals surface area contributed by atoms with Crippen molar-refractivity contribution in [2.75, 3.05) is 25.5 Å². The first-order valence-electron chi connectivity index (χ1n) is 8.25. The zero-order chi connectivity index (χ0) is 16.8. The van der Waals surface area contributed by atoms with Crippen LogP contribution in [0.5, 0.6) is 0 Å². The number of carbonyl (C=O) groups is 1. The van der Waals surface area contributed by atoms with Gasteiger partial charge in [-0.15, -0.1) is 0 Å². The highest BCUT2D eigenvalue weighted by atomic mass is 16.2. The lowest BCUT2D eigenvalue weighted by atomic mass is 9.94. The lowest BCUT2D eigenvalue weighted by molar-refractivity contribution is -0.140. The fraction of sp³-hybridized carbons (Fsp3) is 0.556. The third-order valence-corrected chi connectivity index (χ3v) is 4.43. The van der Waals surface area contributed by atoms with Gasteiger partial charge in [0.05, 0.1) is 17.3 Å². The molecule has 0 bridgehead atoms. The molecule has 1 aliphatic heterocycles. The highest BCUT2D eigenvalue weighted by Gasteiger charge is 2.36. The summed E-state index contributed by atoms with van der Waals surface area (Å²) in [7, 11) is 4.01. The van der Waals surface area contributed by atoms with Crippen LogP contribution in [0.1, 0.15) is 45.3 Å². The predicted molar refractivity (Wildman–Crippen MR) is 92.7 cm³/mol. The Labute approximate surface area is 137 Å². The van der Waals surface area contributed by atoms with Crippen LogP contribution in [0, 0.1) is 5.41 Å². The summed E-state index contributed by atoms with van der Waals surface area (Å²) in [6.45, 7) is 6.78. The normalized spacial score (nSPS) is 18.7. The number of likely N-dealkylation sites (tertiary alicyclic amines) is 1. The van der Waals surface area contributed by atoms with E-state index in [4.69, 9.17) is 4.98 Å². The monoisotopic (exact) mass is 314 g/mol. The summed E-state index contributed by atoms with van der Waals surface area (Å²) in [5.41, 5.74) is 1.71. The summed E-state index contributed by atoms with van der Waals surface area (Å²) < 4.78 is 2.11. The van der Waals surface area contributed by atoms with E-state index in [-0.39, 0.29) is 17.4 Å². The first kappa shape index (κ1) is 15.8. The number of fused-ring (bicyclic) bond motifs is 1. The predicted octanol–water partition coefficient (Wildman–Crippen LogP) is 3.11. The Balaban J connectivity index is 2.03. The number of hydrogen-bond donors (Lipinski definition) is 0. The molecule has 1 unspecified atom stereocenters. The lowest BCUT2D eigenvalue weighted by Gasteiger charge is -2.31. The molecule has 5 heteroatoms. The van der Waals surface area contributed by atoms with E-state index in [1.54, 1.807) is 0 Å². The van der Waals surface area contributed by atoms with Crippen molar-refractivity contribution < 1.29 is 4.79 Å². The molecule has 3 rings (SSSR count). The second-order valence-electron chi connectivity index (χ2n) is 7.59. The van der Waals surface area contributed by atoms with Crippen LogP contribution in [0.4, 0.5) is 5.82 Å². The van der Waals surface area contributed by atoms with Crippen molar-refractivity contribution in [1.29, 1.82) is 0 Å². The van der Waals surface area contributed by atoms with E-state index in [0.29, 0.717) is 0 Å². The molecule has 0 radical (unpaired) electrons. The van der Waals surface area contributed by atoms with Crippen LogP contribution in [0.25, 0.3) is 5.52 Å². The molecule has 1 saturated heterocycles. The van der Waals surface area contributed by atoms with Gasteiger partial charge in [-0.05, 0) is 25.0 Å². The molecular weight excluding hydrogens is 288 g/mol. The van der Waals surface area contributed by atoms with E-state index >= 15 is 0 Å². The van der Waals surface area contributed by atoms with E-state index in [0.717, 1.165) is 36.4 Å². The summed E-state index contributed by atoms with van der Waals surface area (Å²) in [6.07, 6.45) is 6.13. The third-order valence-electron chi connectivity index (χ3n) is 4.43. The molecule has 0 spiro atoms. The van der Waals surface area contributed by atoms with Gasteiger partial charge in [-0.2, -0.15) is 0 Å². The van der Waals surface area contributed by atoms with Gasteiger partial charge in [0.1, 0.15) is 0 Å². The van der Waals surface area contributed by atoms with Gasteiger partial charge in [-0.3, -0.25) is 4.79 Å². The quantitative estimate of drug-likeness (QED) is 0.855. The van der Waals surface area contributed by atoms with Gasteiger partial charge in [0.15, 0.2) is 5.82 Å². The van der Waals surface area contributed by atoms with Crippen LogP contribution in [-0.4, -0.2) is 40.8 Å². The molecule has 1 amide bonds. The number of carbonyl (C=O) groups excluding carboxylic acids is 1. The fourth-order valence-corrected chi connectivity index (χ4v) is 3.28. The Morgan fingerprint density at radius 2 is 2.09 bits per heavy atom. The summed E-state index contributed by atoms with van der Waals surface area (Å²) in [6, 6.07) is 4.17. The molecule has 0 aliphatic carbocycles. The third kappa shape index (κ3) is 2.80. The Morgan fingerprint density at radius 1 is 1.35 bits per heavy atom. The van der Waals surface area contributed by atoms with Gasteiger partial charge in [-0.1, -0.05) is 20.8 Å². The average Bonchev–Trinajstić information content (AvgIpc) is 3.12. The first-order valence-corrected chi connectivity index (χ1v) is 8.25. The minimum absolute atomic E-state index is 0.0761. The summed E-state index contributed by atoms with van der Waals surface area (Å²) in [5.74, 6) is 1.16. The van der Waals surface area contributed by atoms with E-state index in [2.05, 4.69) is 16.7 Å². The molecule has 1 fully saturated rings. The Bertz CT molecular complexity index is 726. The Kier molecular flexibility index (Phi) is 3.82. The van der Waals surface area contributed by atoms with Crippen molar-refractivity contribution in [3.05, 3.63) is 30.2 Å². The van der Waals surface area contributed by atoms with Crippen LogP contribution < -0.4 is 4.90 Å². The van der Waals surface area contributed by atoms with Crippen LogP contribution in [0.2, 0.25) is 0 Å². The van der Waals surface area contributed by atoms with Gasteiger partial charge >= 0.3 is 0 Å². The van der Waals surface area contributed by atoms with Crippen LogP contribution in [-0.2, 0) is 4.79 Å². The van der Waals surface area contributed by atoms with E-state index in [9.17, 15) is 4.79 Å². The molecule has 1 aliphatic rings. The van der Waals surface area contributed by atoms with Crippen molar-refractivity contribution >= 4 is 17.2 Å². The van der Waals surface area contributed by atoms with Crippen LogP contribution in [0.15, 0.2) is 24.5 Å². The zero-order valence-electron chi connectivity index (χ0n) is 14.7. The highest BCUT2D eigenvalue weighted by molar-refractivity contribution is 5.82. The largest absolute Gasteiger partial charge is 0.361 e. The molecule has 23 heavy (non-hydrogen) atoms. The first-order chi connectivity index (χ1) is 10.8. The number of amides is 1. The van der Waals surface area contributed by atoms with Crippen molar-refractivity contribution in [1.82, 2.24) is 14.3 Å². The van der Waals surface area contributed by atoms with E-state index < -0.39 is 0 Å². The minimum Gasteiger partial charge on any atom is -0.361 e. The maximum atomic E-state index is 12.8. The SMILES string of the molecule is CN(C)c1nc(C2CCCN2C(=O)C(C)(C)C)cn2cccc12. The smallest absolute Gasteiger partial charge is 0.228 e. The number of nitrogens with zero attached hydrogens (tertiary/aromatic N) is 4. The molecule has 124 valence electrons. The molecule has 0 aromatic carbocycles. The van der Waals surface area contributed by atoms with E-state index in [1.165, 1.54) is 0 Å². The van der Waals surface area contributed by atoms with Crippen molar-refractivity contribution in [2.45, 2.75) is 39.7 Å². The van der Waals surface area contributed by atoms with E-state index in [1.807, 2.05) is 56.9 Å². The van der Waals surface area contributed by atoms with Crippen LogP contribution in [0.3, 0.4) is 0 Å². The Morgan fingerprint density at radius 3 is 2.74 bits per heavy atom. The van der Waals surface area contributed by atoms with Gasteiger partial charge in [0, 0.05) is 38.4 Å². The Hall–Kier alpha value is -2.04. The molecule has 2 aromatic rings. The standard InChI is InChI=1S/C18H26N4O/c1-18(2,3)17(23)22-11-7-8-14(22)13-12-21-10-6-9-15(21)16(19-13)20(4)5/h6,9-10,12,14H,7-8,11H2,1-5H3. The molecule has 2 aromatic heterocycles. The summed E-state index contributed by atoms with van der Waals surface area (Å²) >= 11 is 0. The fourth-order valence-electron chi connectivity index (χ4n) is 3.28. The summed E-state index contributed by atoms with van der Waals surface area (Å²) in [5, 5.41) is 0. The zero-order valence-corrected chi connectivity index (χ0v) is 14.7. The molecule has 5 nitrogen and oxygen atoms in total. The minimum atomic E-state index is -0.357. The number of rotatable bonds is 2. The van der Waals surface area contributed by atoms with Crippen molar-refractivity contribution in [3.8, 4) is 0 Å². The maximum absolute atomic E-state index is 12.8. The van der Waals surface area contributed by atoms with Gasteiger partial charge in [0.25, 0.3) is 0 Å². The topological polar surface area (TPSA) is 40.9 Å². The number of hydrogen-bond acceptors (Lipinski definition) is 3. The van der Waals surface area contributed by atoms with Gasteiger partial charge in [0.2, 0.25) is 5.91 Å². The van der Waals surface area contributed by atoms with Crippen LogP contribution >= 0.6 is 0 Å².